The topological polar surface area (TPSA) is 28.2 Å². The molecule has 0 saturated carbocycles. The summed E-state index contributed by atoms with van der Waals surface area (Å²) in [6, 6.07) is 4.91. The summed E-state index contributed by atoms with van der Waals surface area (Å²) in [7, 11) is 0. The van der Waals surface area contributed by atoms with Crippen molar-refractivity contribution < 1.29 is 0 Å². The van der Waals surface area contributed by atoms with Gasteiger partial charge in [0.2, 0.25) is 0 Å². The molecule has 0 amide bonds. The van der Waals surface area contributed by atoms with Crippen molar-refractivity contribution >= 4 is 0 Å². The van der Waals surface area contributed by atoms with Crippen LogP contribution in [0.15, 0.2) is 18.3 Å². The number of nitrogens with zero attached hydrogens (tertiary/aromatic N) is 2. The first-order valence-electron chi connectivity index (χ1n) is 7.22. The first-order chi connectivity index (χ1) is 8.83. The van der Waals surface area contributed by atoms with E-state index in [2.05, 4.69) is 35.1 Å². The zero-order valence-electron chi connectivity index (χ0n) is 11.7. The highest BCUT2D eigenvalue weighted by molar-refractivity contribution is 5.19. The molecule has 0 bridgehead atoms. The number of aromatic nitrogens is 1. The average molecular weight is 247 g/mol. The lowest BCUT2D eigenvalue weighted by Gasteiger charge is -2.33. The average Bonchev–Trinajstić information content (AvgIpc) is 2.40. The normalized spacial score (nSPS) is 21.1. The monoisotopic (exact) mass is 247 g/mol. The number of pyridine rings is 1. The zero-order valence-corrected chi connectivity index (χ0v) is 11.7. The van der Waals surface area contributed by atoms with E-state index in [1.807, 2.05) is 12.3 Å². The molecule has 2 heterocycles. The lowest BCUT2D eigenvalue weighted by Crippen LogP contribution is -2.50. The van der Waals surface area contributed by atoms with E-state index in [1.165, 1.54) is 24.1 Å². The number of piperazine rings is 1. The Labute approximate surface area is 111 Å². The number of rotatable bonds is 5. The van der Waals surface area contributed by atoms with Gasteiger partial charge in [0, 0.05) is 38.4 Å². The van der Waals surface area contributed by atoms with Crippen LogP contribution in [-0.4, -0.2) is 35.6 Å². The molecule has 1 atom stereocenters. The second-order valence-corrected chi connectivity index (χ2v) is 5.14. The van der Waals surface area contributed by atoms with Gasteiger partial charge in [0.1, 0.15) is 0 Å². The Morgan fingerprint density at radius 1 is 1.44 bits per heavy atom. The van der Waals surface area contributed by atoms with E-state index in [-0.39, 0.29) is 0 Å². The molecule has 2 rings (SSSR count). The maximum Gasteiger partial charge on any atom is 0.0575 e. The van der Waals surface area contributed by atoms with Crippen LogP contribution in [0.1, 0.15) is 37.9 Å². The summed E-state index contributed by atoms with van der Waals surface area (Å²) in [4.78, 5) is 7.09. The van der Waals surface area contributed by atoms with E-state index in [0.717, 1.165) is 32.6 Å². The zero-order chi connectivity index (χ0) is 12.8. The van der Waals surface area contributed by atoms with Gasteiger partial charge in [-0.15, -0.1) is 0 Å². The standard InChI is InChI=1S/C15H25N3/c1-3-6-14-11-18(10-9-16-14)12-15-13(4-2)7-5-8-17-15/h5,7-8,14,16H,3-4,6,9-12H2,1-2H3. The first-order valence-corrected chi connectivity index (χ1v) is 7.22. The van der Waals surface area contributed by atoms with E-state index in [1.54, 1.807) is 0 Å². The fourth-order valence-corrected chi connectivity index (χ4v) is 2.73. The fourth-order valence-electron chi connectivity index (χ4n) is 2.73. The minimum Gasteiger partial charge on any atom is -0.311 e. The number of hydrogen-bond donors (Lipinski definition) is 1. The van der Waals surface area contributed by atoms with Gasteiger partial charge in [0.05, 0.1) is 5.69 Å². The summed E-state index contributed by atoms with van der Waals surface area (Å²) >= 11 is 0. The molecule has 3 nitrogen and oxygen atoms in total. The smallest absolute Gasteiger partial charge is 0.0575 e. The van der Waals surface area contributed by atoms with Gasteiger partial charge in [-0.05, 0) is 24.5 Å². The molecule has 1 aliphatic rings. The van der Waals surface area contributed by atoms with Crippen LogP contribution in [0, 0.1) is 0 Å². The van der Waals surface area contributed by atoms with Crippen molar-refractivity contribution in [1.29, 1.82) is 0 Å². The summed E-state index contributed by atoms with van der Waals surface area (Å²) in [6.45, 7) is 8.88. The molecule has 1 unspecified atom stereocenters. The highest BCUT2D eigenvalue weighted by atomic mass is 15.2. The Morgan fingerprint density at radius 2 is 2.33 bits per heavy atom. The van der Waals surface area contributed by atoms with Crippen LogP contribution in [0.25, 0.3) is 0 Å². The molecule has 0 spiro atoms. The minimum atomic E-state index is 0.664. The summed E-state index contributed by atoms with van der Waals surface area (Å²) in [5, 5.41) is 3.60. The van der Waals surface area contributed by atoms with Gasteiger partial charge in [-0.3, -0.25) is 9.88 Å². The van der Waals surface area contributed by atoms with Gasteiger partial charge < -0.3 is 5.32 Å². The van der Waals surface area contributed by atoms with Crippen molar-refractivity contribution in [2.24, 2.45) is 0 Å². The minimum absolute atomic E-state index is 0.664. The van der Waals surface area contributed by atoms with Crippen molar-refractivity contribution in [2.75, 3.05) is 19.6 Å². The molecule has 1 fully saturated rings. The SMILES string of the molecule is CCCC1CN(Cc2ncccc2CC)CCN1. The second-order valence-electron chi connectivity index (χ2n) is 5.14. The lowest BCUT2D eigenvalue weighted by molar-refractivity contribution is 0.184. The third-order valence-electron chi connectivity index (χ3n) is 3.72. The molecule has 3 heteroatoms. The van der Waals surface area contributed by atoms with Crippen LogP contribution in [0.3, 0.4) is 0 Å². The van der Waals surface area contributed by atoms with Crippen molar-refractivity contribution in [2.45, 2.75) is 45.7 Å². The van der Waals surface area contributed by atoms with E-state index >= 15 is 0 Å². The predicted molar refractivity (Wildman–Crippen MR) is 75.6 cm³/mol. The molecule has 1 aliphatic heterocycles. The fraction of sp³-hybridized carbons (Fsp3) is 0.667. The van der Waals surface area contributed by atoms with Crippen LogP contribution >= 0.6 is 0 Å². The molecule has 1 aromatic heterocycles. The maximum absolute atomic E-state index is 4.55. The quantitative estimate of drug-likeness (QED) is 0.865. The summed E-state index contributed by atoms with van der Waals surface area (Å²) in [5.74, 6) is 0. The van der Waals surface area contributed by atoms with Gasteiger partial charge in [0.25, 0.3) is 0 Å². The molecule has 1 N–H and O–H groups in total. The molecular formula is C15H25N3. The molecule has 100 valence electrons. The highest BCUT2D eigenvalue weighted by Gasteiger charge is 2.19. The van der Waals surface area contributed by atoms with Gasteiger partial charge in [-0.1, -0.05) is 26.3 Å². The highest BCUT2D eigenvalue weighted by Crippen LogP contribution is 2.12. The Balaban J connectivity index is 1.96. The number of hydrogen-bond acceptors (Lipinski definition) is 3. The van der Waals surface area contributed by atoms with E-state index in [9.17, 15) is 0 Å². The van der Waals surface area contributed by atoms with Crippen LogP contribution in [0.5, 0.6) is 0 Å². The Kier molecular flexibility index (Phi) is 5.14. The van der Waals surface area contributed by atoms with Gasteiger partial charge in [0.15, 0.2) is 0 Å². The molecule has 0 aromatic carbocycles. The summed E-state index contributed by atoms with van der Waals surface area (Å²) < 4.78 is 0. The maximum atomic E-state index is 4.55. The molecular weight excluding hydrogens is 222 g/mol. The van der Waals surface area contributed by atoms with Crippen LogP contribution in [0.2, 0.25) is 0 Å². The van der Waals surface area contributed by atoms with E-state index < -0.39 is 0 Å². The van der Waals surface area contributed by atoms with E-state index in [4.69, 9.17) is 0 Å². The van der Waals surface area contributed by atoms with Crippen molar-refractivity contribution in [3.05, 3.63) is 29.6 Å². The molecule has 1 saturated heterocycles. The third kappa shape index (κ3) is 3.53. The van der Waals surface area contributed by atoms with Gasteiger partial charge in [-0.25, -0.2) is 0 Å². The Bertz CT molecular complexity index is 363. The predicted octanol–water partition coefficient (Wildman–Crippen LogP) is 2.22. The van der Waals surface area contributed by atoms with Crippen LogP contribution < -0.4 is 5.32 Å². The first kappa shape index (κ1) is 13.5. The second kappa shape index (κ2) is 6.86. The van der Waals surface area contributed by atoms with Crippen LogP contribution in [-0.2, 0) is 13.0 Å². The third-order valence-corrected chi connectivity index (χ3v) is 3.72. The van der Waals surface area contributed by atoms with Gasteiger partial charge >= 0.3 is 0 Å². The van der Waals surface area contributed by atoms with E-state index in [0.29, 0.717) is 6.04 Å². The molecule has 18 heavy (non-hydrogen) atoms. The van der Waals surface area contributed by atoms with Crippen molar-refractivity contribution in [1.82, 2.24) is 15.2 Å². The molecule has 0 radical (unpaired) electrons. The van der Waals surface area contributed by atoms with Crippen LogP contribution in [0.4, 0.5) is 0 Å². The summed E-state index contributed by atoms with van der Waals surface area (Å²) in [6.07, 6.45) is 5.53. The number of nitrogens with one attached hydrogen (secondary N) is 1. The molecule has 1 aromatic rings. The van der Waals surface area contributed by atoms with Crippen molar-refractivity contribution in [3.63, 3.8) is 0 Å². The lowest BCUT2D eigenvalue weighted by atomic mass is 10.1. The van der Waals surface area contributed by atoms with Gasteiger partial charge in [-0.2, -0.15) is 0 Å². The summed E-state index contributed by atoms with van der Waals surface area (Å²) in [5.41, 5.74) is 2.65. The Hall–Kier alpha value is -0.930. The Morgan fingerprint density at radius 3 is 3.11 bits per heavy atom. The molecule has 0 aliphatic carbocycles. The van der Waals surface area contributed by atoms with Crippen molar-refractivity contribution in [3.8, 4) is 0 Å². The number of aryl methyl sites for hydroxylation is 1. The largest absolute Gasteiger partial charge is 0.311 e.